The number of piperazine rings is 1. The number of amides is 3. The van der Waals surface area contributed by atoms with Crippen LogP contribution >= 0.6 is 11.3 Å². The summed E-state index contributed by atoms with van der Waals surface area (Å²) < 4.78 is 15.4. The molecule has 6 nitrogen and oxygen atoms in total. The molecule has 0 saturated carbocycles. The van der Waals surface area contributed by atoms with E-state index in [1.54, 1.807) is 28.4 Å². The molecule has 5 rings (SSSR count). The largest absolute Gasteiger partial charge is 0.334 e. The number of anilines is 1. The van der Waals surface area contributed by atoms with Crippen molar-refractivity contribution in [2.45, 2.75) is 26.4 Å². The highest BCUT2D eigenvalue weighted by atomic mass is 32.1. The van der Waals surface area contributed by atoms with Gasteiger partial charge in [0.25, 0.3) is 5.91 Å². The van der Waals surface area contributed by atoms with Crippen molar-refractivity contribution in [3.05, 3.63) is 88.7 Å². The molecular weight excluding hydrogens is 463 g/mol. The first-order valence-electron chi connectivity index (χ1n) is 11.6. The van der Waals surface area contributed by atoms with Crippen molar-refractivity contribution in [3.8, 4) is 0 Å². The second kappa shape index (κ2) is 9.54. The molecule has 0 unspecified atom stereocenters. The van der Waals surface area contributed by atoms with E-state index in [9.17, 15) is 14.0 Å². The summed E-state index contributed by atoms with van der Waals surface area (Å²) in [4.78, 5) is 31.1. The summed E-state index contributed by atoms with van der Waals surface area (Å²) in [6.45, 7) is 5.80. The molecule has 8 heteroatoms. The van der Waals surface area contributed by atoms with Gasteiger partial charge in [0.15, 0.2) is 0 Å². The van der Waals surface area contributed by atoms with Gasteiger partial charge < -0.3 is 19.7 Å². The van der Waals surface area contributed by atoms with Gasteiger partial charge >= 0.3 is 6.03 Å². The van der Waals surface area contributed by atoms with Crippen LogP contribution in [-0.2, 0) is 6.54 Å². The summed E-state index contributed by atoms with van der Waals surface area (Å²) in [5, 5.41) is 5.99. The molecule has 3 heterocycles. The van der Waals surface area contributed by atoms with Gasteiger partial charge in [-0.25, -0.2) is 9.18 Å². The van der Waals surface area contributed by atoms with Crippen LogP contribution in [0.2, 0.25) is 0 Å². The summed E-state index contributed by atoms with van der Waals surface area (Å²) in [6.07, 6.45) is 0. The molecule has 1 fully saturated rings. The molecule has 1 aliphatic heterocycles. The highest BCUT2D eigenvalue weighted by Gasteiger charge is 2.32. The van der Waals surface area contributed by atoms with Crippen LogP contribution in [0.3, 0.4) is 0 Å². The molecule has 0 aliphatic carbocycles. The molecule has 1 N–H and O–H groups in total. The van der Waals surface area contributed by atoms with Crippen molar-refractivity contribution in [1.29, 1.82) is 0 Å². The van der Waals surface area contributed by atoms with E-state index in [0.29, 0.717) is 31.9 Å². The topological polar surface area (TPSA) is 57.6 Å². The number of hydrogen-bond donors (Lipinski definition) is 1. The van der Waals surface area contributed by atoms with Crippen molar-refractivity contribution in [1.82, 2.24) is 14.4 Å². The predicted octanol–water partition coefficient (Wildman–Crippen LogP) is 5.58. The quantitative estimate of drug-likeness (QED) is 0.406. The minimum atomic E-state index is -0.280. The van der Waals surface area contributed by atoms with Crippen LogP contribution in [0.15, 0.2) is 66.0 Å². The number of carbonyl (C=O) groups is 2. The van der Waals surface area contributed by atoms with E-state index in [2.05, 4.69) is 5.32 Å². The third-order valence-electron chi connectivity index (χ3n) is 6.42. The number of urea groups is 1. The third-order valence-corrected chi connectivity index (χ3v) is 7.37. The zero-order valence-corrected chi connectivity index (χ0v) is 20.5. The van der Waals surface area contributed by atoms with Gasteiger partial charge in [-0.05, 0) is 66.8 Å². The number of nitrogens with one attached hydrogen (secondary N) is 1. The van der Waals surface area contributed by atoms with Crippen LogP contribution < -0.4 is 5.32 Å². The second-order valence-corrected chi connectivity index (χ2v) is 9.91. The highest BCUT2D eigenvalue weighted by Crippen LogP contribution is 2.28. The predicted molar refractivity (Wildman–Crippen MR) is 138 cm³/mol. The molecule has 3 amide bonds. The Hall–Kier alpha value is -3.65. The van der Waals surface area contributed by atoms with Crippen molar-refractivity contribution in [3.63, 3.8) is 0 Å². The fraction of sp³-hybridized carbons (Fsp3) is 0.259. The average molecular weight is 491 g/mol. The maximum absolute atomic E-state index is 13.6. The number of fused-ring (bicyclic) bond motifs is 1. The Bertz CT molecular complexity index is 1380. The number of carbonyl (C=O) groups excluding carboxylic acids is 2. The Balaban J connectivity index is 1.31. The molecular formula is C27H27FN4O2S. The first-order chi connectivity index (χ1) is 16.9. The molecule has 0 radical (unpaired) electrons. The molecule has 0 spiro atoms. The Morgan fingerprint density at radius 2 is 1.89 bits per heavy atom. The lowest BCUT2D eigenvalue weighted by atomic mass is 10.1. The molecule has 180 valence electrons. The molecule has 0 bridgehead atoms. The summed E-state index contributed by atoms with van der Waals surface area (Å²) in [5.41, 5.74) is 3.38. The maximum Gasteiger partial charge on any atom is 0.322 e. The van der Waals surface area contributed by atoms with E-state index in [1.807, 2.05) is 65.1 Å². The lowest BCUT2D eigenvalue weighted by Gasteiger charge is -2.39. The standard InChI is InChI=1S/C27H27FN4O2S/c1-18-4-3-5-23(14-18)29-27(34)31-12-11-30(16-19(31)2)25(33)24-15-21-10-13-35-26(21)32(24)17-20-6-8-22(28)9-7-20/h3-10,13-15,19H,11-12,16-17H2,1-2H3,(H,29,34)/t19-/m0/s1. The maximum atomic E-state index is 13.6. The minimum Gasteiger partial charge on any atom is -0.334 e. The summed E-state index contributed by atoms with van der Waals surface area (Å²) in [6, 6.07) is 17.7. The lowest BCUT2D eigenvalue weighted by Crippen LogP contribution is -2.56. The summed E-state index contributed by atoms with van der Waals surface area (Å²) >= 11 is 1.58. The molecule has 1 atom stereocenters. The van der Waals surface area contributed by atoms with Crippen LogP contribution in [0.1, 0.15) is 28.5 Å². The zero-order chi connectivity index (χ0) is 24.5. The molecule has 35 heavy (non-hydrogen) atoms. The van der Waals surface area contributed by atoms with E-state index < -0.39 is 0 Å². The van der Waals surface area contributed by atoms with Crippen molar-refractivity contribution >= 4 is 39.2 Å². The Labute approximate surface area is 207 Å². The fourth-order valence-electron chi connectivity index (χ4n) is 4.61. The molecule has 2 aromatic carbocycles. The van der Waals surface area contributed by atoms with Crippen LogP contribution in [-0.4, -0.2) is 52.0 Å². The minimum absolute atomic E-state index is 0.0545. The van der Waals surface area contributed by atoms with Crippen LogP contribution in [0, 0.1) is 12.7 Å². The summed E-state index contributed by atoms with van der Waals surface area (Å²) in [7, 11) is 0. The Morgan fingerprint density at radius 3 is 2.63 bits per heavy atom. The second-order valence-electron chi connectivity index (χ2n) is 9.02. The van der Waals surface area contributed by atoms with Gasteiger partial charge in [-0.3, -0.25) is 4.79 Å². The molecule has 4 aromatic rings. The third kappa shape index (κ3) is 4.79. The first-order valence-corrected chi connectivity index (χ1v) is 12.5. The number of aromatic nitrogens is 1. The van der Waals surface area contributed by atoms with E-state index in [0.717, 1.165) is 27.0 Å². The van der Waals surface area contributed by atoms with Crippen LogP contribution in [0.5, 0.6) is 0 Å². The van der Waals surface area contributed by atoms with Gasteiger partial charge in [-0.15, -0.1) is 11.3 Å². The number of hydrogen-bond acceptors (Lipinski definition) is 3. The van der Waals surface area contributed by atoms with Gasteiger partial charge in [-0.1, -0.05) is 24.3 Å². The van der Waals surface area contributed by atoms with E-state index >= 15 is 0 Å². The average Bonchev–Trinajstić information content (AvgIpc) is 3.42. The van der Waals surface area contributed by atoms with Crippen LogP contribution in [0.4, 0.5) is 14.9 Å². The fourth-order valence-corrected chi connectivity index (χ4v) is 5.50. The van der Waals surface area contributed by atoms with Gasteiger partial charge in [-0.2, -0.15) is 0 Å². The highest BCUT2D eigenvalue weighted by molar-refractivity contribution is 7.16. The van der Waals surface area contributed by atoms with Gasteiger partial charge in [0.05, 0.1) is 0 Å². The number of benzene rings is 2. The van der Waals surface area contributed by atoms with Crippen LogP contribution in [0.25, 0.3) is 10.2 Å². The SMILES string of the molecule is Cc1cccc(NC(=O)N2CCN(C(=O)c3cc4ccsc4n3Cc3ccc(F)cc3)C[C@@H]2C)c1. The van der Waals surface area contributed by atoms with Crippen molar-refractivity contribution in [2.75, 3.05) is 25.0 Å². The molecule has 2 aromatic heterocycles. The lowest BCUT2D eigenvalue weighted by molar-refractivity contribution is 0.0583. The normalized spacial score (nSPS) is 16.0. The monoisotopic (exact) mass is 490 g/mol. The van der Waals surface area contributed by atoms with Crippen molar-refractivity contribution in [2.24, 2.45) is 0 Å². The Morgan fingerprint density at radius 1 is 1.09 bits per heavy atom. The van der Waals surface area contributed by atoms with E-state index in [4.69, 9.17) is 0 Å². The molecule has 1 aliphatic rings. The number of nitrogens with zero attached hydrogens (tertiary/aromatic N) is 3. The van der Waals surface area contributed by atoms with Gasteiger partial charge in [0.1, 0.15) is 16.3 Å². The van der Waals surface area contributed by atoms with Crippen molar-refractivity contribution < 1.29 is 14.0 Å². The number of thiophene rings is 1. The van der Waals surface area contributed by atoms with Gasteiger partial charge in [0.2, 0.25) is 0 Å². The Kier molecular flexibility index (Phi) is 6.30. The zero-order valence-electron chi connectivity index (χ0n) is 19.7. The van der Waals surface area contributed by atoms with E-state index in [-0.39, 0.29) is 23.8 Å². The molecule has 1 saturated heterocycles. The number of halogens is 1. The number of rotatable bonds is 4. The number of aryl methyl sites for hydroxylation is 1. The smallest absolute Gasteiger partial charge is 0.322 e. The van der Waals surface area contributed by atoms with E-state index in [1.165, 1.54) is 12.1 Å². The summed E-state index contributed by atoms with van der Waals surface area (Å²) in [5.74, 6) is -0.335. The first kappa shape index (κ1) is 23.1. The van der Waals surface area contributed by atoms with Gasteiger partial charge in [0, 0.05) is 43.3 Å².